The molecule has 2 aromatic rings. The lowest BCUT2D eigenvalue weighted by atomic mass is 10.3. The first-order chi connectivity index (χ1) is 7.20. The van der Waals surface area contributed by atoms with Crippen molar-refractivity contribution in [1.29, 1.82) is 0 Å². The van der Waals surface area contributed by atoms with Crippen LogP contribution in [0.25, 0.3) is 5.69 Å². The van der Waals surface area contributed by atoms with E-state index in [0.29, 0.717) is 11.6 Å². The van der Waals surface area contributed by atoms with Gasteiger partial charge in [0.15, 0.2) is 0 Å². The van der Waals surface area contributed by atoms with Crippen molar-refractivity contribution in [3.63, 3.8) is 0 Å². The van der Waals surface area contributed by atoms with Crippen LogP contribution < -0.4 is 5.73 Å². The maximum Gasteiger partial charge on any atom is 0.0819 e. The van der Waals surface area contributed by atoms with Crippen LogP contribution >= 0.6 is 11.6 Å². The van der Waals surface area contributed by atoms with Gasteiger partial charge < -0.3 is 5.73 Å². The van der Waals surface area contributed by atoms with E-state index in [1.165, 1.54) is 0 Å². The Bertz CT molecular complexity index is 459. The fourth-order valence-corrected chi connectivity index (χ4v) is 1.42. The molecule has 2 heterocycles. The number of halogens is 1. The lowest BCUT2D eigenvalue weighted by molar-refractivity contribution is 0.852. The molecule has 0 aliphatic heterocycles. The molecule has 15 heavy (non-hydrogen) atoms. The molecule has 0 saturated heterocycles. The van der Waals surface area contributed by atoms with Gasteiger partial charge in [0, 0.05) is 18.9 Å². The highest BCUT2D eigenvalue weighted by Crippen LogP contribution is 2.16. The molecular formula is C10H11ClN4. The van der Waals surface area contributed by atoms with Crippen molar-refractivity contribution < 1.29 is 0 Å². The second kappa shape index (κ2) is 4.00. The van der Waals surface area contributed by atoms with Crippen molar-refractivity contribution in [1.82, 2.24) is 14.8 Å². The molecule has 4 nitrogen and oxygen atoms in total. The predicted octanol–water partition coefficient (Wildman–Crippen LogP) is 1.69. The first-order valence-corrected chi connectivity index (χ1v) is 4.95. The topological polar surface area (TPSA) is 56.7 Å². The third kappa shape index (κ3) is 2.00. The zero-order chi connectivity index (χ0) is 10.8. The van der Waals surface area contributed by atoms with Crippen LogP contribution in [0.3, 0.4) is 0 Å². The Balaban J connectivity index is 2.44. The number of aryl methyl sites for hydroxylation is 1. The van der Waals surface area contributed by atoms with Crippen LogP contribution in [0.2, 0.25) is 5.02 Å². The molecule has 5 heteroatoms. The summed E-state index contributed by atoms with van der Waals surface area (Å²) >= 11 is 5.93. The smallest absolute Gasteiger partial charge is 0.0819 e. The summed E-state index contributed by atoms with van der Waals surface area (Å²) < 4.78 is 1.72. The minimum atomic E-state index is 0.418. The normalized spacial score (nSPS) is 10.6. The fraction of sp³-hybridized carbons (Fsp3) is 0.200. The van der Waals surface area contributed by atoms with Crippen molar-refractivity contribution >= 4 is 11.6 Å². The predicted molar refractivity (Wildman–Crippen MR) is 59.0 cm³/mol. The van der Waals surface area contributed by atoms with Gasteiger partial charge in [0.1, 0.15) is 0 Å². The number of hydrogen-bond acceptors (Lipinski definition) is 3. The molecule has 2 N–H and O–H groups in total. The van der Waals surface area contributed by atoms with E-state index in [9.17, 15) is 0 Å². The molecule has 0 aliphatic rings. The molecular weight excluding hydrogens is 212 g/mol. The van der Waals surface area contributed by atoms with Gasteiger partial charge in [-0.1, -0.05) is 11.6 Å². The van der Waals surface area contributed by atoms with Gasteiger partial charge in [0.2, 0.25) is 0 Å². The van der Waals surface area contributed by atoms with Gasteiger partial charge in [0.25, 0.3) is 0 Å². The van der Waals surface area contributed by atoms with Crippen LogP contribution in [0, 0.1) is 6.92 Å². The van der Waals surface area contributed by atoms with E-state index in [1.807, 2.05) is 19.1 Å². The van der Waals surface area contributed by atoms with Crippen LogP contribution in [-0.4, -0.2) is 14.8 Å². The Labute approximate surface area is 92.7 Å². The van der Waals surface area contributed by atoms with E-state index >= 15 is 0 Å². The lowest BCUT2D eigenvalue weighted by Gasteiger charge is -2.02. The van der Waals surface area contributed by atoms with Crippen molar-refractivity contribution in [3.8, 4) is 5.69 Å². The van der Waals surface area contributed by atoms with Crippen LogP contribution in [0.1, 0.15) is 11.4 Å². The van der Waals surface area contributed by atoms with Gasteiger partial charge in [-0.05, 0) is 19.1 Å². The molecule has 0 unspecified atom stereocenters. The average Bonchev–Trinajstić information content (AvgIpc) is 2.59. The van der Waals surface area contributed by atoms with Crippen LogP contribution in [0.15, 0.2) is 24.5 Å². The largest absolute Gasteiger partial charge is 0.325 e. The number of nitrogens with two attached hydrogens (primary N) is 1. The monoisotopic (exact) mass is 222 g/mol. The Morgan fingerprint density at radius 3 is 2.93 bits per heavy atom. The summed E-state index contributed by atoms with van der Waals surface area (Å²) in [6.45, 7) is 2.28. The summed E-state index contributed by atoms with van der Waals surface area (Å²) in [7, 11) is 0. The van der Waals surface area contributed by atoms with E-state index in [2.05, 4.69) is 10.1 Å². The quantitative estimate of drug-likeness (QED) is 0.841. The van der Waals surface area contributed by atoms with Crippen LogP contribution in [-0.2, 0) is 6.54 Å². The first-order valence-electron chi connectivity index (χ1n) is 4.58. The summed E-state index contributed by atoms with van der Waals surface area (Å²) in [5.74, 6) is 0. The van der Waals surface area contributed by atoms with E-state index in [-0.39, 0.29) is 0 Å². The summed E-state index contributed by atoms with van der Waals surface area (Å²) in [6, 6.07) is 3.75. The van der Waals surface area contributed by atoms with E-state index in [4.69, 9.17) is 17.3 Å². The molecule has 0 amide bonds. The number of rotatable bonds is 2. The van der Waals surface area contributed by atoms with Gasteiger partial charge in [-0.2, -0.15) is 5.10 Å². The number of pyridine rings is 1. The van der Waals surface area contributed by atoms with E-state index in [1.54, 1.807) is 17.1 Å². The van der Waals surface area contributed by atoms with Crippen molar-refractivity contribution in [3.05, 3.63) is 40.9 Å². The van der Waals surface area contributed by atoms with Crippen LogP contribution in [0.4, 0.5) is 0 Å². The summed E-state index contributed by atoms with van der Waals surface area (Å²) in [5, 5.41) is 4.93. The van der Waals surface area contributed by atoms with Gasteiger partial charge in [-0.25, -0.2) is 4.68 Å². The van der Waals surface area contributed by atoms with Gasteiger partial charge in [-0.15, -0.1) is 0 Å². The third-order valence-electron chi connectivity index (χ3n) is 2.11. The van der Waals surface area contributed by atoms with Crippen molar-refractivity contribution in [2.45, 2.75) is 13.5 Å². The minimum Gasteiger partial charge on any atom is -0.325 e. The molecule has 0 radical (unpaired) electrons. The number of nitrogens with zero attached hydrogens (tertiary/aromatic N) is 3. The van der Waals surface area contributed by atoms with Gasteiger partial charge >= 0.3 is 0 Å². The maximum absolute atomic E-state index is 5.93. The molecule has 0 fully saturated rings. The fourth-order valence-electron chi connectivity index (χ4n) is 1.29. The highest BCUT2D eigenvalue weighted by molar-refractivity contribution is 6.31. The summed E-state index contributed by atoms with van der Waals surface area (Å²) in [6.07, 6.45) is 3.48. The SMILES string of the molecule is Cc1nn(-c2ccnc(CN)c2)cc1Cl. The molecule has 0 aromatic carbocycles. The standard InChI is InChI=1S/C10H11ClN4/c1-7-10(11)6-15(14-7)9-2-3-13-8(4-9)5-12/h2-4,6H,5,12H2,1H3. The third-order valence-corrected chi connectivity index (χ3v) is 2.48. The molecule has 0 saturated carbocycles. The van der Waals surface area contributed by atoms with Gasteiger partial charge in [-0.3, -0.25) is 4.98 Å². The Kier molecular flexibility index (Phi) is 2.70. The van der Waals surface area contributed by atoms with Gasteiger partial charge in [0.05, 0.1) is 22.1 Å². The lowest BCUT2D eigenvalue weighted by Crippen LogP contribution is -2.02. The highest BCUT2D eigenvalue weighted by Gasteiger charge is 2.04. The molecule has 2 rings (SSSR count). The number of hydrogen-bond donors (Lipinski definition) is 1. The highest BCUT2D eigenvalue weighted by atomic mass is 35.5. The van der Waals surface area contributed by atoms with Crippen molar-refractivity contribution in [2.24, 2.45) is 5.73 Å². The first kappa shape index (κ1) is 10.1. The Hall–Kier alpha value is -1.39. The molecule has 2 aromatic heterocycles. The average molecular weight is 223 g/mol. The van der Waals surface area contributed by atoms with Crippen molar-refractivity contribution in [2.75, 3.05) is 0 Å². The molecule has 0 bridgehead atoms. The zero-order valence-electron chi connectivity index (χ0n) is 8.31. The molecule has 78 valence electrons. The summed E-state index contributed by atoms with van der Waals surface area (Å²) in [4.78, 5) is 4.11. The van der Waals surface area contributed by atoms with Crippen LogP contribution in [0.5, 0.6) is 0 Å². The Morgan fingerprint density at radius 2 is 2.33 bits per heavy atom. The van der Waals surface area contributed by atoms with E-state index in [0.717, 1.165) is 17.1 Å². The second-order valence-corrected chi connectivity index (χ2v) is 3.62. The molecule has 0 spiro atoms. The number of aromatic nitrogens is 3. The molecule has 0 atom stereocenters. The zero-order valence-corrected chi connectivity index (χ0v) is 9.07. The Morgan fingerprint density at radius 1 is 1.53 bits per heavy atom. The summed E-state index contributed by atoms with van der Waals surface area (Å²) in [5.41, 5.74) is 8.07. The minimum absolute atomic E-state index is 0.418. The maximum atomic E-state index is 5.93. The molecule has 0 aliphatic carbocycles. The van der Waals surface area contributed by atoms with E-state index < -0.39 is 0 Å². The second-order valence-electron chi connectivity index (χ2n) is 3.22.